The van der Waals surface area contributed by atoms with E-state index in [2.05, 4.69) is 10.5 Å². The Bertz CT molecular complexity index is 1170. The van der Waals surface area contributed by atoms with Crippen molar-refractivity contribution >= 4 is 29.1 Å². The summed E-state index contributed by atoms with van der Waals surface area (Å²) in [5.41, 5.74) is 4.04. The first-order chi connectivity index (χ1) is 15.7. The van der Waals surface area contributed by atoms with Gasteiger partial charge in [0.2, 0.25) is 0 Å². The molecule has 0 aliphatic carbocycles. The SMILES string of the molecule is COc1c(C(=O)NN2CCC(C(F)(F)F)C2)nn(-c2ccccc2Cl)c1-c1ccc(Cl)cc1. The minimum Gasteiger partial charge on any atom is -0.492 e. The van der Waals surface area contributed by atoms with Gasteiger partial charge in [-0.25, -0.2) is 9.69 Å². The Morgan fingerprint density at radius 3 is 2.45 bits per heavy atom. The Morgan fingerprint density at radius 2 is 1.85 bits per heavy atom. The summed E-state index contributed by atoms with van der Waals surface area (Å²) in [7, 11) is 1.39. The van der Waals surface area contributed by atoms with Crippen LogP contribution < -0.4 is 10.2 Å². The second-order valence-corrected chi connectivity index (χ2v) is 8.36. The van der Waals surface area contributed by atoms with E-state index >= 15 is 0 Å². The molecule has 0 radical (unpaired) electrons. The number of benzene rings is 2. The van der Waals surface area contributed by atoms with Crippen LogP contribution in [0.5, 0.6) is 5.75 Å². The van der Waals surface area contributed by atoms with E-state index in [4.69, 9.17) is 27.9 Å². The predicted octanol–water partition coefficient (Wildman–Crippen LogP) is 5.38. The van der Waals surface area contributed by atoms with Crippen molar-refractivity contribution in [3.05, 3.63) is 64.3 Å². The van der Waals surface area contributed by atoms with Gasteiger partial charge >= 0.3 is 6.18 Å². The molecule has 33 heavy (non-hydrogen) atoms. The Labute approximate surface area is 197 Å². The second-order valence-electron chi connectivity index (χ2n) is 7.51. The van der Waals surface area contributed by atoms with Gasteiger partial charge in [0.25, 0.3) is 5.91 Å². The standard InChI is InChI=1S/C22H19Cl2F3N4O2/c1-33-20-18(21(32)29-30-11-10-14(12-30)22(25,26)27)28-31(17-5-3-2-4-16(17)24)19(20)13-6-8-15(23)9-7-13/h2-9,14H,10-12H2,1H3,(H,29,32). The lowest BCUT2D eigenvalue weighted by Crippen LogP contribution is -2.42. The first kappa shape index (κ1) is 23.4. The van der Waals surface area contributed by atoms with Crippen molar-refractivity contribution in [3.63, 3.8) is 0 Å². The van der Waals surface area contributed by atoms with Crippen molar-refractivity contribution in [2.45, 2.75) is 12.6 Å². The molecule has 1 amide bonds. The zero-order valence-corrected chi connectivity index (χ0v) is 18.9. The number of methoxy groups -OCH3 is 1. The van der Waals surface area contributed by atoms with Gasteiger partial charge in [0, 0.05) is 23.7 Å². The Morgan fingerprint density at radius 1 is 1.15 bits per heavy atom. The van der Waals surface area contributed by atoms with Crippen LogP contribution >= 0.6 is 23.2 Å². The van der Waals surface area contributed by atoms with E-state index in [0.29, 0.717) is 27.0 Å². The molecule has 0 bridgehead atoms. The van der Waals surface area contributed by atoms with E-state index in [0.717, 1.165) is 0 Å². The first-order valence-electron chi connectivity index (χ1n) is 9.99. The molecule has 1 aromatic heterocycles. The summed E-state index contributed by atoms with van der Waals surface area (Å²) in [6.45, 7) is -0.250. The van der Waals surface area contributed by atoms with Gasteiger partial charge in [0.1, 0.15) is 5.69 Å². The number of carbonyl (C=O) groups excluding carboxylic acids is 1. The van der Waals surface area contributed by atoms with Crippen molar-refractivity contribution in [2.75, 3.05) is 20.2 Å². The Balaban J connectivity index is 1.75. The molecule has 1 aliphatic rings. The van der Waals surface area contributed by atoms with Crippen molar-refractivity contribution in [1.29, 1.82) is 0 Å². The van der Waals surface area contributed by atoms with E-state index in [1.165, 1.54) is 16.8 Å². The Hall–Kier alpha value is -2.75. The van der Waals surface area contributed by atoms with Gasteiger partial charge in [0.05, 0.1) is 23.7 Å². The lowest BCUT2D eigenvalue weighted by molar-refractivity contribution is -0.171. The number of alkyl halides is 3. The minimum absolute atomic E-state index is 0.0769. The van der Waals surface area contributed by atoms with E-state index in [1.54, 1.807) is 48.5 Å². The van der Waals surface area contributed by atoms with Crippen LogP contribution in [0.4, 0.5) is 13.2 Å². The van der Waals surface area contributed by atoms with Crippen molar-refractivity contribution in [3.8, 4) is 22.7 Å². The van der Waals surface area contributed by atoms with Gasteiger partial charge < -0.3 is 4.74 Å². The fourth-order valence-electron chi connectivity index (χ4n) is 3.73. The van der Waals surface area contributed by atoms with Gasteiger partial charge in [-0.15, -0.1) is 0 Å². The molecule has 1 unspecified atom stereocenters. The number of hydrogen-bond acceptors (Lipinski definition) is 4. The van der Waals surface area contributed by atoms with Crippen molar-refractivity contribution in [2.24, 2.45) is 5.92 Å². The molecule has 0 spiro atoms. The molecule has 2 heterocycles. The summed E-state index contributed by atoms with van der Waals surface area (Å²) >= 11 is 12.4. The number of hydrazine groups is 1. The van der Waals surface area contributed by atoms with Crippen molar-refractivity contribution in [1.82, 2.24) is 20.2 Å². The lowest BCUT2D eigenvalue weighted by Gasteiger charge is -2.18. The van der Waals surface area contributed by atoms with Gasteiger partial charge in [-0.2, -0.15) is 18.3 Å². The fourth-order valence-corrected chi connectivity index (χ4v) is 4.07. The number of amides is 1. The second kappa shape index (κ2) is 9.24. The highest BCUT2D eigenvalue weighted by molar-refractivity contribution is 6.32. The maximum absolute atomic E-state index is 13.1. The summed E-state index contributed by atoms with van der Waals surface area (Å²) < 4.78 is 46.1. The van der Waals surface area contributed by atoms with Crippen LogP contribution in [0, 0.1) is 5.92 Å². The predicted molar refractivity (Wildman–Crippen MR) is 119 cm³/mol. The van der Waals surface area contributed by atoms with E-state index in [1.807, 2.05) is 0 Å². The summed E-state index contributed by atoms with van der Waals surface area (Å²) in [6.07, 6.45) is -4.41. The number of rotatable bonds is 5. The van der Waals surface area contributed by atoms with Gasteiger partial charge in [0.15, 0.2) is 11.4 Å². The molecule has 6 nitrogen and oxygen atoms in total. The molecular formula is C22H19Cl2F3N4O2. The summed E-state index contributed by atoms with van der Waals surface area (Å²) in [4.78, 5) is 13.1. The molecular weight excluding hydrogens is 480 g/mol. The topological polar surface area (TPSA) is 59.4 Å². The molecule has 1 saturated heterocycles. The van der Waals surface area contributed by atoms with Crippen molar-refractivity contribution < 1.29 is 22.7 Å². The molecule has 1 atom stereocenters. The minimum atomic E-state index is -4.31. The van der Waals surface area contributed by atoms with E-state index in [-0.39, 0.29) is 31.0 Å². The molecule has 3 aromatic rings. The van der Waals surface area contributed by atoms with Gasteiger partial charge in [-0.3, -0.25) is 10.2 Å². The summed E-state index contributed by atoms with van der Waals surface area (Å²) in [5.74, 6) is -2.03. The van der Waals surface area contributed by atoms with Crippen LogP contribution in [0.25, 0.3) is 16.9 Å². The molecule has 4 rings (SSSR count). The number of hydrogen-bond donors (Lipinski definition) is 1. The lowest BCUT2D eigenvalue weighted by atomic mass is 10.1. The molecule has 174 valence electrons. The maximum atomic E-state index is 13.1. The number of para-hydroxylation sites is 1. The summed E-state index contributed by atoms with van der Waals surface area (Å²) in [5, 5.41) is 6.59. The highest BCUT2D eigenvalue weighted by Crippen LogP contribution is 2.38. The van der Waals surface area contributed by atoms with E-state index < -0.39 is 18.0 Å². The first-order valence-corrected chi connectivity index (χ1v) is 10.7. The van der Waals surface area contributed by atoms with Gasteiger partial charge in [-0.05, 0) is 30.7 Å². The maximum Gasteiger partial charge on any atom is 0.393 e. The zero-order chi connectivity index (χ0) is 23.8. The monoisotopic (exact) mass is 498 g/mol. The molecule has 2 aromatic carbocycles. The third-order valence-corrected chi connectivity index (χ3v) is 5.94. The number of nitrogens with zero attached hydrogens (tertiary/aromatic N) is 3. The number of ether oxygens (including phenoxy) is 1. The number of halogens is 5. The molecule has 0 saturated carbocycles. The third kappa shape index (κ3) is 4.80. The number of carbonyl (C=O) groups is 1. The molecule has 11 heteroatoms. The molecule has 1 aliphatic heterocycles. The van der Waals surface area contributed by atoms with Crippen LogP contribution in [0.2, 0.25) is 10.0 Å². The van der Waals surface area contributed by atoms with Crippen LogP contribution in [-0.2, 0) is 0 Å². The smallest absolute Gasteiger partial charge is 0.393 e. The van der Waals surface area contributed by atoms with Crippen LogP contribution in [0.1, 0.15) is 16.9 Å². The number of aromatic nitrogens is 2. The number of nitrogens with one attached hydrogen (secondary N) is 1. The van der Waals surface area contributed by atoms with Crippen LogP contribution in [0.3, 0.4) is 0 Å². The molecule has 1 N–H and O–H groups in total. The third-order valence-electron chi connectivity index (χ3n) is 5.37. The zero-order valence-electron chi connectivity index (χ0n) is 17.4. The normalized spacial score (nSPS) is 16.7. The quantitative estimate of drug-likeness (QED) is 0.512. The van der Waals surface area contributed by atoms with Crippen LogP contribution in [-0.4, -0.2) is 47.1 Å². The van der Waals surface area contributed by atoms with Gasteiger partial charge in [-0.1, -0.05) is 47.5 Å². The highest BCUT2D eigenvalue weighted by atomic mass is 35.5. The fraction of sp³-hybridized carbons (Fsp3) is 0.273. The molecule has 1 fully saturated rings. The largest absolute Gasteiger partial charge is 0.492 e. The average molecular weight is 499 g/mol. The van der Waals surface area contributed by atoms with Crippen LogP contribution in [0.15, 0.2) is 48.5 Å². The average Bonchev–Trinajstić information content (AvgIpc) is 3.39. The highest BCUT2D eigenvalue weighted by Gasteiger charge is 2.44. The summed E-state index contributed by atoms with van der Waals surface area (Å²) in [6, 6.07) is 13.8. The Kier molecular flexibility index (Phi) is 6.56. The van der Waals surface area contributed by atoms with E-state index in [9.17, 15) is 18.0 Å².